The monoisotopic (exact) mass is 452 g/mol. The van der Waals surface area contributed by atoms with Crippen molar-refractivity contribution >= 4 is 11.9 Å². The second kappa shape index (κ2) is 10.3. The highest BCUT2D eigenvalue weighted by Crippen LogP contribution is 2.31. The van der Waals surface area contributed by atoms with E-state index in [2.05, 4.69) is 21.8 Å². The van der Waals surface area contributed by atoms with Gasteiger partial charge in [0, 0.05) is 43.4 Å². The highest BCUT2D eigenvalue weighted by atomic mass is 32.2. The normalized spacial score (nSPS) is 20.8. The molecule has 2 fully saturated rings. The molecule has 4 nitrogen and oxygen atoms in total. The number of ether oxygens (including phenoxy) is 2. The summed E-state index contributed by atoms with van der Waals surface area (Å²) in [5.74, 6) is 0.897. The van der Waals surface area contributed by atoms with E-state index in [0.717, 1.165) is 63.9 Å². The van der Waals surface area contributed by atoms with Crippen molar-refractivity contribution in [2.75, 3.05) is 26.3 Å². The summed E-state index contributed by atoms with van der Waals surface area (Å²) in [4.78, 5) is 2.94. The summed E-state index contributed by atoms with van der Waals surface area (Å²) >= 11 is 1.27. The summed E-state index contributed by atoms with van der Waals surface area (Å²) in [6.45, 7) is 4.20. The average molecular weight is 453 g/mol. The van der Waals surface area contributed by atoms with Gasteiger partial charge in [-0.3, -0.25) is 9.62 Å². The van der Waals surface area contributed by atoms with Crippen LogP contribution < -0.4 is 9.46 Å². The van der Waals surface area contributed by atoms with Crippen LogP contribution in [0.3, 0.4) is 0 Å². The molecule has 0 radical (unpaired) electrons. The Hall–Kier alpha value is -1.74. The van der Waals surface area contributed by atoms with Gasteiger partial charge in [0.1, 0.15) is 11.9 Å². The number of nitrogens with one attached hydrogen (secondary N) is 1. The van der Waals surface area contributed by atoms with Crippen molar-refractivity contribution in [2.24, 2.45) is 0 Å². The van der Waals surface area contributed by atoms with Gasteiger partial charge in [-0.1, -0.05) is 18.2 Å². The molecule has 0 spiro atoms. The molecule has 1 atom stereocenters. The zero-order chi connectivity index (χ0) is 21.7. The molecule has 0 aromatic heterocycles. The largest absolute Gasteiger partial charge is 0.490 e. The van der Waals surface area contributed by atoms with Gasteiger partial charge in [-0.25, -0.2) is 0 Å². The van der Waals surface area contributed by atoms with Crippen LogP contribution >= 0.6 is 11.9 Å². The van der Waals surface area contributed by atoms with E-state index in [1.807, 2.05) is 12.1 Å². The number of halogens is 3. The predicted molar refractivity (Wildman–Crippen MR) is 115 cm³/mol. The van der Waals surface area contributed by atoms with Gasteiger partial charge in [0.2, 0.25) is 0 Å². The zero-order valence-corrected chi connectivity index (χ0v) is 18.1. The van der Waals surface area contributed by atoms with Crippen LogP contribution in [-0.2, 0) is 17.5 Å². The first-order chi connectivity index (χ1) is 15.0. The summed E-state index contributed by atoms with van der Waals surface area (Å²) in [7, 11) is 0. The molecule has 168 valence electrons. The molecule has 2 heterocycles. The maximum atomic E-state index is 12.9. The third-order valence-corrected chi connectivity index (χ3v) is 6.52. The molecule has 0 saturated carbocycles. The number of benzene rings is 2. The van der Waals surface area contributed by atoms with Crippen LogP contribution in [0.2, 0.25) is 0 Å². The van der Waals surface area contributed by atoms with Gasteiger partial charge in [-0.05, 0) is 54.3 Å². The molecule has 2 aliphatic rings. The van der Waals surface area contributed by atoms with Crippen LogP contribution in [0.1, 0.15) is 30.4 Å². The molecule has 0 aliphatic carbocycles. The maximum absolute atomic E-state index is 12.9. The van der Waals surface area contributed by atoms with E-state index in [-0.39, 0.29) is 12.1 Å². The summed E-state index contributed by atoms with van der Waals surface area (Å²) in [6, 6.07) is 13.9. The van der Waals surface area contributed by atoms with E-state index in [4.69, 9.17) is 9.47 Å². The van der Waals surface area contributed by atoms with E-state index < -0.39 is 11.7 Å². The number of alkyl halides is 3. The van der Waals surface area contributed by atoms with Gasteiger partial charge in [0.05, 0.1) is 18.8 Å². The first-order valence-corrected chi connectivity index (χ1v) is 11.4. The fourth-order valence-electron chi connectivity index (χ4n) is 3.88. The summed E-state index contributed by atoms with van der Waals surface area (Å²) in [6.07, 6.45) is -1.24. The number of nitrogens with zero attached hydrogens (tertiary/aromatic N) is 1. The van der Waals surface area contributed by atoms with Crippen molar-refractivity contribution in [3.05, 3.63) is 59.7 Å². The van der Waals surface area contributed by atoms with Crippen LogP contribution in [-0.4, -0.2) is 43.3 Å². The van der Waals surface area contributed by atoms with Crippen LogP contribution in [0.4, 0.5) is 13.2 Å². The lowest BCUT2D eigenvalue weighted by molar-refractivity contribution is -0.137. The molecule has 2 saturated heterocycles. The van der Waals surface area contributed by atoms with Crippen LogP contribution in [0, 0.1) is 0 Å². The van der Waals surface area contributed by atoms with Gasteiger partial charge in [0.15, 0.2) is 0 Å². The predicted octanol–water partition coefficient (Wildman–Crippen LogP) is 5.13. The Kier molecular flexibility index (Phi) is 7.43. The van der Waals surface area contributed by atoms with Crippen LogP contribution in [0.25, 0.3) is 0 Å². The summed E-state index contributed by atoms with van der Waals surface area (Å²) < 4.78 is 53.3. The molecule has 0 amide bonds. The molecular formula is C23H27F3N2O2S. The molecule has 8 heteroatoms. The average Bonchev–Trinajstić information content (AvgIpc) is 3.21. The van der Waals surface area contributed by atoms with Gasteiger partial charge in [-0.15, -0.1) is 0 Å². The Bertz CT molecular complexity index is 841. The lowest BCUT2D eigenvalue weighted by Crippen LogP contribution is -2.28. The second-order valence-corrected chi connectivity index (χ2v) is 8.95. The standard InChI is InChI=1S/C23H27F3N2O2S/c24-23(25,26)18-2-1-3-22(14-18)31-27-19-8-11-28(16-19)15-17-4-6-20(7-5-17)30-21-9-12-29-13-10-21/h1-7,14,19,21,27H,8-13,15-16H2. The molecule has 31 heavy (non-hydrogen) atoms. The highest BCUT2D eigenvalue weighted by Gasteiger charge is 2.30. The van der Waals surface area contributed by atoms with Gasteiger partial charge in [0.25, 0.3) is 0 Å². The van der Waals surface area contributed by atoms with Gasteiger partial charge in [-0.2, -0.15) is 13.2 Å². The Morgan fingerprint density at radius 3 is 2.58 bits per heavy atom. The van der Waals surface area contributed by atoms with Crippen molar-refractivity contribution in [3.8, 4) is 5.75 Å². The molecule has 2 aromatic rings. The minimum absolute atomic E-state index is 0.236. The van der Waals surface area contributed by atoms with Crippen LogP contribution in [0.15, 0.2) is 53.4 Å². The van der Waals surface area contributed by atoms with E-state index in [9.17, 15) is 13.2 Å². The Labute approximate surface area is 185 Å². The Morgan fingerprint density at radius 2 is 1.84 bits per heavy atom. The van der Waals surface area contributed by atoms with Crippen molar-refractivity contribution in [3.63, 3.8) is 0 Å². The quantitative estimate of drug-likeness (QED) is 0.589. The molecule has 1 N–H and O–H groups in total. The number of rotatable bonds is 7. The zero-order valence-electron chi connectivity index (χ0n) is 17.2. The third kappa shape index (κ3) is 6.62. The smallest absolute Gasteiger partial charge is 0.416 e. The van der Waals surface area contributed by atoms with E-state index >= 15 is 0 Å². The topological polar surface area (TPSA) is 33.7 Å². The fraction of sp³-hybridized carbons (Fsp3) is 0.478. The molecule has 1 unspecified atom stereocenters. The van der Waals surface area contributed by atoms with Gasteiger partial charge < -0.3 is 9.47 Å². The third-order valence-electron chi connectivity index (χ3n) is 5.58. The Balaban J connectivity index is 1.22. The van der Waals surface area contributed by atoms with Crippen molar-refractivity contribution in [1.82, 2.24) is 9.62 Å². The highest BCUT2D eigenvalue weighted by molar-refractivity contribution is 7.97. The second-order valence-electron chi connectivity index (χ2n) is 8.04. The first kappa shape index (κ1) is 22.5. The number of hydrogen-bond acceptors (Lipinski definition) is 5. The summed E-state index contributed by atoms with van der Waals surface area (Å²) in [5, 5.41) is 0. The Morgan fingerprint density at radius 1 is 1.06 bits per heavy atom. The van der Waals surface area contributed by atoms with Crippen molar-refractivity contribution < 1.29 is 22.6 Å². The van der Waals surface area contributed by atoms with E-state index in [0.29, 0.717) is 4.90 Å². The molecule has 4 rings (SSSR count). The van der Waals surface area contributed by atoms with E-state index in [1.165, 1.54) is 29.6 Å². The fourth-order valence-corrected chi connectivity index (χ4v) is 4.71. The molecular weight excluding hydrogens is 425 g/mol. The SMILES string of the molecule is FC(F)(F)c1cccc(SNC2CCN(Cc3ccc(OC4CCOCC4)cc3)C2)c1. The number of likely N-dealkylation sites (tertiary alicyclic amines) is 1. The summed E-state index contributed by atoms with van der Waals surface area (Å²) in [5.41, 5.74) is 0.613. The van der Waals surface area contributed by atoms with Crippen molar-refractivity contribution in [2.45, 2.75) is 49.0 Å². The maximum Gasteiger partial charge on any atom is 0.416 e. The van der Waals surface area contributed by atoms with Gasteiger partial charge >= 0.3 is 6.18 Å². The van der Waals surface area contributed by atoms with E-state index in [1.54, 1.807) is 6.07 Å². The van der Waals surface area contributed by atoms with Crippen LogP contribution in [0.5, 0.6) is 5.75 Å². The number of hydrogen-bond donors (Lipinski definition) is 1. The first-order valence-electron chi connectivity index (χ1n) is 10.6. The lowest BCUT2D eigenvalue weighted by atomic mass is 10.1. The molecule has 2 aromatic carbocycles. The molecule has 2 aliphatic heterocycles. The minimum atomic E-state index is -4.31. The lowest BCUT2D eigenvalue weighted by Gasteiger charge is -2.23. The molecule has 0 bridgehead atoms. The van der Waals surface area contributed by atoms with Crippen molar-refractivity contribution in [1.29, 1.82) is 0 Å². The minimum Gasteiger partial charge on any atom is -0.490 e.